The lowest BCUT2D eigenvalue weighted by atomic mass is 10.1. The number of nitrogens with one attached hydrogen (secondary N) is 1. The summed E-state index contributed by atoms with van der Waals surface area (Å²) in [7, 11) is 1.35. The maximum absolute atomic E-state index is 13.1. The van der Waals surface area contributed by atoms with E-state index in [1.54, 1.807) is 24.3 Å². The number of carbonyl (C=O) groups excluding carboxylic acids is 1. The number of rotatable bonds is 7. The molecule has 1 N–H and O–H groups in total. The van der Waals surface area contributed by atoms with E-state index in [1.807, 2.05) is 0 Å². The second-order valence-corrected chi connectivity index (χ2v) is 7.79. The standard InChI is InChI=1S/C24H24F3N3O4/c1-32-21-14-30(17-8-6-7-16(13-17)24(25,26)27)29-22(21)23(31)28-19-10-2-3-11-20(19)34-15-18-9-4-5-12-33-18/h2-3,6-8,10-11,13-14,18H,4-5,9,12,15H2,1H3,(H,28,31). The first-order chi connectivity index (χ1) is 16.3. The van der Waals surface area contributed by atoms with E-state index in [2.05, 4.69) is 10.4 Å². The fraction of sp³-hybridized carbons (Fsp3) is 0.333. The fourth-order valence-electron chi connectivity index (χ4n) is 3.62. The van der Waals surface area contributed by atoms with Crippen molar-refractivity contribution in [3.05, 3.63) is 66.0 Å². The molecular weight excluding hydrogens is 451 g/mol. The quantitative estimate of drug-likeness (QED) is 0.515. The Morgan fingerprint density at radius 1 is 1.18 bits per heavy atom. The van der Waals surface area contributed by atoms with Gasteiger partial charge in [-0.2, -0.15) is 18.3 Å². The summed E-state index contributed by atoms with van der Waals surface area (Å²) in [5.41, 5.74) is -0.328. The predicted molar refractivity (Wildman–Crippen MR) is 119 cm³/mol. The molecule has 1 aromatic heterocycles. The monoisotopic (exact) mass is 475 g/mol. The Kier molecular flexibility index (Phi) is 7.06. The van der Waals surface area contributed by atoms with Crippen molar-refractivity contribution in [2.24, 2.45) is 0 Å². The van der Waals surface area contributed by atoms with Gasteiger partial charge in [0.1, 0.15) is 12.4 Å². The van der Waals surface area contributed by atoms with E-state index in [9.17, 15) is 18.0 Å². The Morgan fingerprint density at radius 3 is 2.74 bits per heavy atom. The highest BCUT2D eigenvalue weighted by molar-refractivity contribution is 6.05. The molecule has 1 aliphatic rings. The number of methoxy groups -OCH3 is 1. The van der Waals surface area contributed by atoms with E-state index in [1.165, 1.54) is 30.1 Å². The fourth-order valence-corrected chi connectivity index (χ4v) is 3.62. The van der Waals surface area contributed by atoms with Gasteiger partial charge in [-0.25, -0.2) is 4.68 Å². The van der Waals surface area contributed by atoms with Crippen LogP contribution in [0.25, 0.3) is 5.69 Å². The van der Waals surface area contributed by atoms with Crippen LogP contribution in [0.15, 0.2) is 54.7 Å². The highest BCUT2D eigenvalue weighted by Gasteiger charge is 2.31. The third-order valence-electron chi connectivity index (χ3n) is 5.39. The molecule has 180 valence electrons. The number of aromatic nitrogens is 2. The number of hydrogen-bond donors (Lipinski definition) is 1. The minimum Gasteiger partial charge on any atom is -0.493 e. The highest BCUT2D eigenvalue weighted by Crippen LogP contribution is 2.31. The van der Waals surface area contributed by atoms with E-state index >= 15 is 0 Å². The van der Waals surface area contributed by atoms with Gasteiger partial charge in [-0.3, -0.25) is 4.79 Å². The van der Waals surface area contributed by atoms with Gasteiger partial charge in [0, 0.05) is 6.61 Å². The number of hydrogen-bond acceptors (Lipinski definition) is 5. The molecule has 1 saturated heterocycles. The summed E-state index contributed by atoms with van der Waals surface area (Å²) in [5, 5.41) is 6.92. The number of benzene rings is 2. The van der Waals surface area contributed by atoms with E-state index in [-0.39, 0.29) is 23.2 Å². The first kappa shape index (κ1) is 23.6. The number of ether oxygens (including phenoxy) is 3. The summed E-state index contributed by atoms with van der Waals surface area (Å²) in [6, 6.07) is 11.6. The van der Waals surface area contributed by atoms with Gasteiger partial charge in [0.15, 0.2) is 11.4 Å². The van der Waals surface area contributed by atoms with Crippen LogP contribution in [0.5, 0.6) is 11.5 Å². The van der Waals surface area contributed by atoms with Crippen molar-refractivity contribution in [1.82, 2.24) is 9.78 Å². The van der Waals surface area contributed by atoms with Gasteiger partial charge < -0.3 is 19.5 Å². The lowest BCUT2D eigenvalue weighted by Crippen LogP contribution is -2.26. The van der Waals surface area contributed by atoms with Crippen molar-refractivity contribution in [2.45, 2.75) is 31.5 Å². The van der Waals surface area contributed by atoms with Crippen molar-refractivity contribution in [2.75, 3.05) is 25.6 Å². The normalized spacial score (nSPS) is 16.2. The van der Waals surface area contributed by atoms with E-state index < -0.39 is 17.6 Å². The van der Waals surface area contributed by atoms with E-state index in [0.717, 1.165) is 31.4 Å². The lowest BCUT2D eigenvalue weighted by Gasteiger charge is -2.23. The van der Waals surface area contributed by atoms with Crippen molar-refractivity contribution in [3.63, 3.8) is 0 Å². The number of para-hydroxylation sites is 2. The summed E-state index contributed by atoms with van der Waals surface area (Å²) >= 11 is 0. The molecule has 3 aromatic rings. The third-order valence-corrected chi connectivity index (χ3v) is 5.39. The maximum Gasteiger partial charge on any atom is 0.416 e. The summed E-state index contributed by atoms with van der Waals surface area (Å²) in [4.78, 5) is 13.0. The zero-order valence-corrected chi connectivity index (χ0v) is 18.5. The first-order valence-electron chi connectivity index (χ1n) is 10.8. The topological polar surface area (TPSA) is 74.6 Å². The molecule has 1 aliphatic heterocycles. The molecule has 1 unspecified atom stereocenters. The molecule has 10 heteroatoms. The zero-order chi connectivity index (χ0) is 24.1. The summed E-state index contributed by atoms with van der Waals surface area (Å²) < 4.78 is 57.2. The van der Waals surface area contributed by atoms with E-state index in [0.29, 0.717) is 24.7 Å². The molecule has 1 fully saturated rings. The van der Waals surface area contributed by atoms with Crippen LogP contribution >= 0.6 is 0 Å². The first-order valence-corrected chi connectivity index (χ1v) is 10.8. The average molecular weight is 475 g/mol. The molecule has 0 aliphatic carbocycles. The molecule has 0 bridgehead atoms. The van der Waals surface area contributed by atoms with Crippen LogP contribution in [0.4, 0.5) is 18.9 Å². The summed E-state index contributed by atoms with van der Waals surface area (Å²) in [6.07, 6.45) is -0.106. The van der Waals surface area contributed by atoms with Crippen molar-refractivity contribution >= 4 is 11.6 Å². The molecule has 0 saturated carbocycles. The van der Waals surface area contributed by atoms with Crippen LogP contribution in [0, 0.1) is 0 Å². The molecule has 34 heavy (non-hydrogen) atoms. The Bertz CT molecular complexity index is 1140. The van der Waals surface area contributed by atoms with Crippen LogP contribution in [-0.2, 0) is 10.9 Å². The van der Waals surface area contributed by atoms with Crippen LogP contribution < -0.4 is 14.8 Å². The predicted octanol–water partition coefficient (Wildman–Crippen LogP) is 5.10. The van der Waals surface area contributed by atoms with Gasteiger partial charge in [0.05, 0.1) is 36.3 Å². The van der Waals surface area contributed by atoms with Gasteiger partial charge in [-0.05, 0) is 49.6 Å². The average Bonchev–Trinajstić information content (AvgIpc) is 3.29. The molecule has 2 heterocycles. The minimum atomic E-state index is -4.50. The van der Waals surface area contributed by atoms with Gasteiger partial charge >= 0.3 is 6.18 Å². The number of anilines is 1. The molecule has 1 amide bonds. The summed E-state index contributed by atoms with van der Waals surface area (Å²) in [5.74, 6) is -0.00207. The number of alkyl halides is 3. The van der Waals surface area contributed by atoms with Crippen LogP contribution in [0.2, 0.25) is 0 Å². The van der Waals surface area contributed by atoms with Crippen molar-refractivity contribution in [3.8, 4) is 17.2 Å². The van der Waals surface area contributed by atoms with Crippen LogP contribution in [0.3, 0.4) is 0 Å². The van der Waals surface area contributed by atoms with Crippen LogP contribution in [-0.4, -0.2) is 42.1 Å². The lowest BCUT2D eigenvalue weighted by molar-refractivity contribution is -0.137. The SMILES string of the molecule is COc1cn(-c2cccc(C(F)(F)F)c2)nc1C(=O)Nc1ccccc1OCC1CCCCO1. The second-order valence-electron chi connectivity index (χ2n) is 7.79. The molecule has 7 nitrogen and oxygen atoms in total. The number of nitrogens with zero attached hydrogens (tertiary/aromatic N) is 2. The number of amides is 1. The maximum atomic E-state index is 13.1. The number of halogens is 3. The Balaban J connectivity index is 1.52. The highest BCUT2D eigenvalue weighted by atomic mass is 19.4. The molecular formula is C24H24F3N3O4. The van der Waals surface area contributed by atoms with Crippen molar-refractivity contribution < 1.29 is 32.2 Å². The second kappa shape index (κ2) is 10.2. The number of carbonyl (C=O) groups is 1. The molecule has 1 atom stereocenters. The molecule has 2 aromatic carbocycles. The van der Waals surface area contributed by atoms with Gasteiger partial charge in [-0.1, -0.05) is 18.2 Å². The van der Waals surface area contributed by atoms with Gasteiger partial charge in [0.2, 0.25) is 0 Å². The Morgan fingerprint density at radius 2 is 2.00 bits per heavy atom. The largest absolute Gasteiger partial charge is 0.493 e. The Hall–Kier alpha value is -3.53. The minimum absolute atomic E-state index is 0.000706. The zero-order valence-electron chi connectivity index (χ0n) is 18.5. The van der Waals surface area contributed by atoms with Crippen molar-refractivity contribution in [1.29, 1.82) is 0 Å². The molecule has 0 spiro atoms. The molecule has 0 radical (unpaired) electrons. The van der Waals surface area contributed by atoms with Crippen LogP contribution in [0.1, 0.15) is 35.3 Å². The molecule has 4 rings (SSSR count). The smallest absolute Gasteiger partial charge is 0.416 e. The van der Waals surface area contributed by atoms with Gasteiger partial charge in [-0.15, -0.1) is 0 Å². The van der Waals surface area contributed by atoms with Gasteiger partial charge in [0.25, 0.3) is 5.91 Å². The summed E-state index contributed by atoms with van der Waals surface area (Å²) in [6.45, 7) is 1.07. The Labute approximate surface area is 194 Å². The van der Waals surface area contributed by atoms with E-state index in [4.69, 9.17) is 14.2 Å². The third kappa shape index (κ3) is 5.51.